The van der Waals surface area contributed by atoms with Crippen LogP contribution in [0.5, 0.6) is 0 Å². The van der Waals surface area contributed by atoms with Gasteiger partial charge in [0.15, 0.2) is 0 Å². The Hall–Kier alpha value is -2.62. The van der Waals surface area contributed by atoms with Crippen LogP contribution < -0.4 is 10.2 Å². The van der Waals surface area contributed by atoms with Crippen molar-refractivity contribution in [3.8, 4) is 0 Å². The van der Waals surface area contributed by atoms with E-state index < -0.39 is 0 Å². The molecule has 1 N–H and O–H groups in total. The largest absolute Gasteiger partial charge is 0.352 e. The summed E-state index contributed by atoms with van der Waals surface area (Å²) < 4.78 is 0. The number of rotatable bonds is 5. The Labute approximate surface area is 148 Å². The molecular weight excluding hydrogens is 312 g/mol. The molecule has 130 valence electrons. The number of hydrogen-bond donors (Lipinski definition) is 1. The molecule has 0 radical (unpaired) electrons. The fourth-order valence-electron chi connectivity index (χ4n) is 3.27. The van der Waals surface area contributed by atoms with Crippen molar-refractivity contribution in [1.82, 2.24) is 5.32 Å². The quantitative estimate of drug-likeness (QED) is 0.909. The first-order chi connectivity index (χ1) is 12.1. The van der Waals surface area contributed by atoms with E-state index in [-0.39, 0.29) is 24.2 Å². The molecule has 1 saturated heterocycles. The van der Waals surface area contributed by atoms with Gasteiger partial charge in [0, 0.05) is 25.2 Å². The fraction of sp³-hybridized carbons (Fsp3) is 0.333. The van der Waals surface area contributed by atoms with Gasteiger partial charge in [-0.2, -0.15) is 0 Å². The van der Waals surface area contributed by atoms with Gasteiger partial charge in [0.1, 0.15) is 0 Å². The summed E-state index contributed by atoms with van der Waals surface area (Å²) in [5.41, 5.74) is 3.13. The molecule has 0 spiro atoms. The zero-order valence-electron chi connectivity index (χ0n) is 14.7. The van der Waals surface area contributed by atoms with Gasteiger partial charge in [0.05, 0.1) is 5.92 Å². The standard InChI is InChI=1S/C21H24N2O2/c1-15(2)18-10-6-7-11-19(18)23-14-17(12-20(23)24)21(25)22-13-16-8-4-3-5-9-16/h3-11,15,17H,12-14H2,1-2H3,(H,22,25). The lowest BCUT2D eigenvalue weighted by molar-refractivity contribution is -0.126. The van der Waals surface area contributed by atoms with E-state index in [1.807, 2.05) is 48.5 Å². The zero-order valence-corrected chi connectivity index (χ0v) is 14.7. The molecule has 0 aliphatic carbocycles. The Kier molecular flexibility index (Phi) is 5.17. The minimum atomic E-state index is -0.295. The number of benzene rings is 2. The average molecular weight is 336 g/mol. The minimum absolute atomic E-state index is 0.0213. The van der Waals surface area contributed by atoms with E-state index in [9.17, 15) is 9.59 Å². The van der Waals surface area contributed by atoms with Gasteiger partial charge in [0.2, 0.25) is 11.8 Å². The van der Waals surface area contributed by atoms with Crippen LogP contribution in [0.2, 0.25) is 0 Å². The SMILES string of the molecule is CC(C)c1ccccc1N1CC(C(=O)NCc2ccccc2)CC1=O. The van der Waals surface area contributed by atoms with Crippen molar-refractivity contribution in [3.63, 3.8) is 0 Å². The second kappa shape index (κ2) is 7.51. The number of amides is 2. The number of carbonyl (C=O) groups is 2. The molecule has 0 aromatic heterocycles. The number of anilines is 1. The van der Waals surface area contributed by atoms with E-state index in [0.717, 1.165) is 16.8 Å². The lowest BCUT2D eigenvalue weighted by Crippen LogP contribution is -2.32. The Balaban J connectivity index is 1.67. The zero-order chi connectivity index (χ0) is 17.8. The summed E-state index contributed by atoms with van der Waals surface area (Å²) in [5.74, 6) is 0.00100. The van der Waals surface area contributed by atoms with Crippen molar-refractivity contribution in [1.29, 1.82) is 0 Å². The lowest BCUT2D eigenvalue weighted by Gasteiger charge is -2.22. The normalized spacial score (nSPS) is 17.2. The van der Waals surface area contributed by atoms with Crippen LogP contribution in [0, 0.1) is 5.92 Å². The van der Waals surface area contributed by atoms with E-state index in [2.05, 4.69) is 25.2 Å². The summed E-state index contributed by atoms with van der Waals surface area (Å²) in [4.78, 5) is 26.7. The van der Waals surface area contributed by atoms with E-state index in [1.165, 1.54) is 0 Å². The van der Waals surface area contributed by atoms with Gasteiger partial charge in [0.25, 0.3) is 0 Å². The second-order valence-corrected chi connectivity index (χ2v) is 6.82. The first-order valence-corrected chi connectivity index (χ1v) is 8.77. The van der Waals surface area contributed by atoms with Crippen molar-refractivity contribution in [2.45, 2.75) is 32.7 Å². The smallest absolute Gasteiger partial charge is 0.227 e. The maximum Gasteiger partial charge on any atom is 0.227 e. The predicted octanol–water partition coefficient (Wildman–Crippen LogP) is 3.48. The topological polar surface area (TPSA) is 49.4 Å². The molecular formula is C21H24N2O2. The van der Waals surface area contributed by atoms with Gasteiger partial charge < -0.3 is 10.2 Å². The summed E-state index contributed by atoms with van der Waals surface area (Å²) >= 11 is 0. The van der Waals surface area contributed by atoms with Gasteiger partial charge in [-0.25, -0.2) is 0 Å². The molecule has 0 bridgehead atoms. The van der Waals surface area contributed by atoms with Crippen LogP contribution in [-0.4, -0.2) is 18.4 Å². The molecule has 1 atom stereocenters. The first-order valence-electron chi connectivity index (χ1n) is 8.77. The molecule has 2 amide bonds. The highest BCUT2D eigenvalue weighted by Crippen LogP contribution is 2.32. The van der Waals surface area contributed by atoms with Crippen LogP contribution in [-0.2, 0) is 16.1 Å². The molecule has 2 aromatic carbocycles. The van der Waals surface area contributed by atoms with Crippen LogP contribution in [0.25, 0.3) is 0 Å². The van der Waals surface area contributed by atoms with Gasteiger partial charge in [-0.05, 0) is 23.1 Å². The van der Waals surface area contributed by atoms with E-state index in [4.69, 9.17) is 0 Å². The third kappa shape index (κ3) is 3.90. The third-order valence-corrected chi connectivity index (χ3v) is 4.65. The number of nitrogens with zero attached hydrogens (tertiary/aromatic N) is 1. The summed E-state index contributed by atoms with van der Waals surface area (Å²) in [5, 5.41) is 2.95. The average Bonchev–Trinajstić information content (AvgIpc) is 3.02. The van der Waals surface area contributed by atoms with Crippen LogP contribution in [0.15, 0.2) is 54.6 Å². The van der Waals surface area contributed by atoms with Gasteiger partial charge in [-0.1, -0.05) is 62.4 Å². The van der Waals surface area contributed by atoms with Crippen LogP contribution in [0.3, 0.4) is 0 Å². The summed E-state index contributed by atoms with van der Waals surface area (Å²) in [7, 11) is 0. The number of hydrogen-bond acceptors (Lipinski definition) is 2. The molecule has 2 aromatic rings. The van der Waals surface area contributed by atoms with Crippen molar-refractivity contribution in [2.24, 2.45) is 5.92 Å². The molecule has 3 rings (SSSR count). The number of nitrogens with one attached hydrogen (secondary N) is 1. The van der Waals surface area contributed by atoms with Crippen molar-refractivity contribution in [3.05, 3.63) is 65.7 Å². The first kappa shape index (κ1) is 17.2. The predicted molar refractivity (Wildman–Crippen MR) is 99.3 cm³/mol. The molecule has 25 heavy (non-hydrogen) atoms. The van der Waals surface area contributed by atoms with E-state index in [0.29, 0.717) is 19.0 Å². The van der Waals surface area contributed by atoms with Crippen molar-refractivity contribution in [2.75, 3.05) is 11.4 Å². The summed E-state index contributed by atoms with van der Waals surface area (Å²) in [6, 6.07) is 17.8. The Bertz CT molecular complexity index is 756. The maximum absolute atomic E-state index is 12.5. The maximum atomic E-state index is 12.5. The molecule has 1 unspecified atom stereocenters. The minimum Gasteiger partial charge on any atom is -0.352 e. The monoisotopic (exact) mass is 336 g/mol. The lowest BCUT2D eigenvalue weighted by atomic mass is 10.0. The van der Waals surface area contributed by atoms with E-state index >= 15 is 0 Å². The highest BCUT2D eigenvalue weighted by Gasteiger charge is 2.35. The number of carbonyl (C=O) groups excluding carboxylic acids is 2. The second-order valence-electron chi connectivity index (χ2n) is 6.82. The van der Waals surface area contributed by atoms with Crippen LogP contribution >= 0.6 is 0 Å². The Morgan fingerprint density at radius 2 is 1.80 bits per heavy atom. The Morgan fingerprint density at radius 1 is 1.12 bits per heavy atom. The third-order valence-electron chi connectivity index (χ3n) is 4.65. The van der Waals surface area contributed by atoms with Gasteiger partial charge >= 0.3 is 0 Å². The van der Waals surface area contributed by atoms with Gasteiger partial charge in [-0.3, -0.25) is 9.59 Å². The molecule has 1 fully saturated rings. The molecule has 4 nitrogen and oxygen atoms in total. The van der Waals surface area contributed by atoms with Crippen molar-refractivity contribution >= 4 is 17.5 Å². The molecule has 1 aliphatic rings. The van der Waals surface area contributed by atoms with Crippen molar-refractivity contribution < 1.29 is 9.59 Å². The van der Waals surface area contributed by atoms with Gasteiger partial charge in [-0.15, -0.1) is 0 Å². The molecule has 4 heteroatoms. The fourth-order valence-corrected chi connectivity index (χ4v) is 3.27. The number of para-hydroxylation sites is 1. The summed E-state index contributed by atoms with van der Waals surface area (Å²) in [6.07, 6.45) is 0.271. The van der Waals surface area contributed by atoms with Crippen LogP contribution in [0.4, 0.5) is 5.69 Å². The molecule has 0 saturated carbocycles. The molecule has 1 aliphatic heterocycles. The van der Waals surface area contributed by atoms with E-state index in [1.54, 1.807) is 4.90 Å². The Morgan fingerprint density at radius 3 is 2.52 bits per heavy atom. The highest BCUT2D eigenvalue weighted by molar-refractivity contribution is 6.00. The van der Waals surface area contributed by atoms with Crippen LogP contribution in [0.1, 0.15) is 37.3 Å². The highest BCUT2D eigenvalue weighted by atomic mass is 16.2. The summed E-state index contributed by atoms with van der Waals surface area (Å²) in [6.45, 7) is 5.17. The molecule has 1 heterocycles.